The zero-order chi connectivity index (χ0) is 22.4. The van der Waals surface area contributed by atoms with Gasteiger partial charge in [0.05, 0.1) is 38.8 Å². The van der Waals surface area contributed by atoms with Crippen LogP contribution in [0.25, 0.3) is 11.3 Å². The molecular formula is C22H21BrN2O6. The van der Waals surface area contributed by atoms with Gasteiger partial charge in [0, 0.05) is 35.0 Å². The van der Waals surface area contributed by atoms with Gasteiger partial charge in [-0.2, -0.15) is 0 Å². The van der Waals surface area contributed by atoms with E-state index in [0.29, 0.717) is 29.6 Å². The van der Waals surface area contributed by atoms with E-state index in [1.54, 1.807) is 6.20 Å². The Bertz CT molecular complexity index is 1100. The summed E-state index contributed by atoms with van der Waals surface area (Å²) in [6, 6.07) is 10.6. The molecule has 0 aliphatic carbocycles. The van der Waals surface area contributed by atoms with E-state index in [4.69, 9.17) is 18.6 Å². The summed E-state index contributed by atoms with van der Waals surface area (Å²) in [5.41, 5.74) is 1.30. The number of benzene rings is 2. The normalized spacial score (nSPS) is 10.5. The molecule has 8 nitrogen and oxygen atoms in total. The Labute approximate surface area is 187 Å². The molecule has 3 aromatic rings. The highest BCUT2D eigenvalue weighted by Crippen LogP contribution is 2.34. The van der Waals surface area contributed by atoms with Crippen molar-refractivity contribution in [2.45, 2.75) is 12.8 Å². The molecule has 0 bridgehead atoms. The number of carbonyl (C=O) groups is 2. The number of aromatic nitrogens is 1. The summed E-state index contributed by atoms with van der Waals surface area (Å²) >= 11 is 3.42. The van der Waals surface area contributed by atoms with E-state index in [2.05, 4.69) is 26.2 Å². The van der Waals surface area contributed by atoms with Gasteiger partial charge in [0.15, 0.2) is 23.1 Å². The second-order valence-corrected chi connectivity index (χ2v) is 7.34. The zero-order valence-corrected chi connectivity index (χ0v) is 18.8. The van der Waals surface area contributed by atoms with Crippen molar-refractivity contribution in [1.29, 1.82) is 0 Å². The minimum Gasteiger partial charge on any atom is -0.493 e. The zero-order valence-electron chi connectivity index (χ0n) is 17.2. The standard InChI is InChI=1S/C22H21BrN2O6/c1-28-17-10-15(22(27)30-3)16(11-18(17)29-2)25-20(26)7-8-21-24-12-19(31-21)13-5-4-6-14(23)9-13/h4-6,9-12H,7-8H2,1-3H3,(H,25,26). The van der Waals surface area contributed by atoms with Crippen molar-refractivity contribution < 1.29 is 28.2 Å². The Hall–Kier alpha value is -3.33. The molecule has 0 saturated carbocycles. The number of oxazole rings is 1. The third-order valence-electron chi connectivity index (χ3n) is 4.43. The fourth-order valence-electron chi connectivity index (χ4n) is 2.90. The summed E-state index contributed by atoms with van der Waals surface area (Å²) in [6.45, 7) is 0. The minimum atomic E-state index is -0.609. The van der Waals surface area contributed by atoms with Crippen molar-refractivity contribution in [2.24, 2.45) is 0 Å². The first-order chi connectivity index (χ1) is 14.9. The second-order valence-electron chi connectivity index (χ2n) is 6.42. The van der Waals surface area contributed by atoms with Crippen LogP contribution in [0.1, 0.15) is 22.7 Å². The van der Waals surface area contributed by atoms with Crippen molar-refractivity contribution in [3.63, 3.8) is 0 Å². The van der Waals surface area contributed by atoms with Gasteiger partial charge in [0.2, 0.25) is 5.91 Å². The smallest absolute Gasteiger partial charge is 0.340 e. The third-order valence-corrected chi connectivity index (χ3v) is 4.92. The van der Waals surface area contributed by atoms with Crippen LogP contribution in [0, 0.1) is 0 Å². The van der Waals surface area contributed by atoms with Gasteiger partial charge in [-0.05, 0) is 12.1 Å². The topological polar surface area (TPSA) is 99.9 Å². The Balaban J connectivity index is 1.70. The van der Waals surface area contributed by atoms with Crippen LogP contribution in [-0.2, 0) is 16.0 Å². The molecule has 2 aromatic carbocycles. The monoisotopic (exact) mass is 488 g/mol. The first-order valence-electron chi connectivity index (χ1n) is 9.30. The van der Waals surface area contributed by atoms with Crippen molar-refractivity contribution >= 4 is 33.5 Å². The maximum atomic E-state index is 12.5. The lowest BCUT2D eigenvalue weighted by Gasteiger charge is -2.14. The molecule has 0 fully saturated rings. The number of hydrogen-bond acceptors (Lipinski definition) is 7. The van der Waals surface area contributed by atoms with Gasteiger partial charge >= 0.3 is 5.97 Å². The predicted octanol–water partition coefficient (Wildman–Crippen LogP) is 4.48. The third kappa shape index (κ3) is 5.43. The molecule has 9 heteroatoms. The van der Waals surface area contributed by atoms with Crippen molar-refractivity contribution in [1.82, 2.24) is 4.98 Å². The molecule has 0 spiro atoms. The molecular weight excluding hydrogens is 468 g/mol. The van der Waals surface area contributed by atoms with Crippen LogP contribution in [0.4, 0.5) is 5.69 Å². The molecule has 162 valence electrons. The Morgan fingerprint density at radius 2 is 1.84 bits per heavy atom. The lowest BCUT2D eigenvalue weighted by atomic mass is 10.1. The number of carbonyl (C=O) groups excluding carboxylic acids is 2. The second kappa shape index (κ2) is 10.1. The van der Waals surface area contributed by atoms with E-state index in [1.165, 1.54) is 33.5 Å². The summed E-state index contributed by atoms with van der Waals surface area (Å²) in [6.07, 6.45) is 2.02. The highest BCUT2D eigenvalue weighted by atomic mass is 79.9. The van der Waals surface area contributed by atoms with Gasteiger partial charge in [-0.3, -0.25) is 4.79 Å². The fourth-order valence-corrected chi connectivity index (χ4v) is 3.29. The Morgan fingerprint density at radius 3 is 2.52 bits per heavy atom. The number of halogens is 1. The molecule has 0 atom stereocenters. The van der Waals surface area contributed by atoms with E-state index in [0.717, 1.165) is 10.0 Å². The van der Waals surface area contributed by atoms with E-state index < -0.39 is 5.97 Å². The number of aryl methyl sites for hydroxylation is 1. The Kier molecular flexibility index (Phi) is 7.30. The molecule has 1 amide bonds. The number of anilines is 1. The molecule has 0 unspecified atom stereocenters. The molecule has 0 radical (unpaired) electrons. The van der Waals surface area contributed by atoms with Crippen LogP contribution < -0.4 is 14.8 Å². The van der Waals surface area contributed by atoms with Gasteiger partial charge in [0.1, 0.15) is 0 Å². The summed E-state index contributed by atoms with van der Waals surface area (Å²) in [4.78, 5) is 28.9. The number of methoxy groups -OCH3 is 3. The number of rotatable bonds is 8. The highest BCUT2D eigenvalue weighted by Gasteiger charge is 2.19. The number of nitrogens with one attached hydrogen (secondary N) is 1. The fraction of sp³-hybridized carbons (Fsp3) is 0.227. The average Bonchev–Trinajstić information content (AvgIpc) is 3.26. The maximum absolute atomic E-state index is 12.5. The predicted molar refractivity (Wildman–Crippen MR) is 117 cm³/mol. The van der Waals surface area contributed by atoms with Crippen LogP contribution in [0.3, 0.4) is 0 Å². The summed E-state index contributed by atoms with van der Waals surface area (Å²) < 4.78 is 21.9. The number of hydrogen-bond donors (Lipinski definition) is 1. The molecule has 1 aromatic heterocycles. The molecule has 0 saturated heterocycles. The van der Waals surface area contributed by atoms with Crippen molar-refractivity contribution in [3.8, 4) is 22.8 Å². The molecule has 3 rings (SSSR count). The SMILES string of the molecule is COC(=O)c1cc(OC)c(OC)cc1NC(=O)CCc1ncc(-c2cccc(Br)c2)o1. The number of esters is 1. The van der Waals surface area contributed by atoms with Crippen LogP contribution >= 0.6 is 15.9 Å². The number of ether oxygens (including phenoxy) is 3. The molecule has 31 heavy (non-hydrogen) atoms. The largest absolute Gasteiger partial charge is 0.493 e. The minimum absolute atomic E-state index is 0.105. The van der Waals surface area contributed by atoms with Crippen molar-refractivity contribution in [2.75, 3.05) is 26.6 Å². The lowest BCUT2D eigenvalue weighted by molar-refractivity contribution is -0.116. The van der Waals surface area contributed by atoms with Gasteiger partial charge in [0.25, 0.3) is 0 Å². The molecule has 0 aliphatic heterocycles. The number of amides is 1. The first-order valence-corrected chi connectivity index (χ1v) is 10.1. The van der Waals surface area contributed by atoms with E-state index in [9.17, 15) is 9.59 Å². The van der Waals surface area contributed by atoms with Gasteiger partial charge in [-0.25, -0.2) is 9.78 Å². The van der Waals surface area contributed by atoms with E-state index >= 15 is 0 Å². The first kappa shape index (κ1) is 22.4. The van der Waals surface area contributed by atoms with E-state index in [1.807, 2.05) is 24.3 Å². The van der Waals surface area contributed by atoms with Gasteiger partial charge in [-0.15, -0.1) is 0 Å². The summed E-state index contributed by atoms with van der Waals surface area (Å²) in [7, 11) is 4.18. The Morgan fingerprint density at radius 1 is 1.10 bits per heavy atom. The molecule has 1 heterocycles. The average molecular weight is 489 g/mol. The van der Waals surface area contributed by atoms with Crippen LogP contribution in [0.5, 0.6) is 11.5 Å². The van der Waals surface area contributed by atoms with E-state index in [-0.39, 0.29) is 23.6 Å². The maximum Gasteiger partial charge on any atom is 0.340 e. The summed E-state index contributed by atoms with van der Waals surface area (Å²) in [5, 5.41) is 2.72. The van der Waals surface area contributed by atoms with Crippen molar-refractivity contribution in [3.05, 3.63) is 58.5 Å². The molecule has 1 N–H and O–H groups in total. The quantitative estimate of drug-likeness (QED) is 0.466. The highest BCUT2D eigenvalue weighted by molar-refractivity contribution is 9.10. The van der Waals surface area contributed by atoms with Gasteiger partial charge in [-0.1, -0.05) is 28.1 Å². The molecule has 0 aliphatic rings. The summed E-state index contributed by atoms with van der Waals surface area (Å²) in [5.74, 6) is 0.843. The number of nitrogens with zero attached hydrogens (tertiary/aromatic N) is 1. The van der Waals surface area contributed by atoms with Crippen LogP contribution in [-0.4, -0.2) is 38.2 Å². The van der Waals surface area contributed by atoms with Gasteiger partial charge < -0.3 is 23.9 Å². The van der Waals surface area contributed by atoms with Crippen LogP contribution in [0.2, 0.25) is 0 Å². The van der Waals surface area contributed by atoms with Crippen LogP contribution in [0.15, 0.2) is 51.5 Å². The lowest BCUT2D eigenvalue weighted by Crippen LogP contribution is -2.16.